The third-order valence-corrected chi connectivity index (χ3v) is 4.50. The molecule has 0 fully saturated rings. The fraction of sp³-hybridized carbons (Fsp3) is 0.143. The van der Waals surface area contributed by atoms with Crippen LogP contribution in [0.2, 0.25) is 0 Å². The van der Waals surface area contributed by atoms with E-state index in [1.807, 2.05) is 30.3 Å². The van der Waals surface area contributed by atoms with E-state index in [0.717, 1.165) is 5.56 Å². The van der Waals surface area contributed by atoms with Crippen LogP contribution in [0.15, 0.2) is 79.9 Å². The summed E-state index contributed by atoms with van der Waals surface area (Å²) in [5.74, 6) is -0.522. The van der Waals surface area contributed by atoms with Crippen molar-refractivity contribution in [3.05, 3.63) is 96.6 Å². The van der Waals surface area contributed by atoms with Crippen molar-refractivity contribution in [1.29, 1.82) is 0 Å². The van der Waals surface area contributed by atoms with Crippen LogP contribution in [-0.2, 0) is 5.54 Å². The van der Waals surface area contributed by atoms with Gasteiger partial charge in [-0.25, -0.2) is 0 Å². The van der Waals surface area contributed by atoms with Gasteiger partial charge in [0.05, 0.1) is 16.7 Å². The Morgan fingerprint density at radius 2 is 1.25 bits per heavy atom. The van der Waals surface area contributed by atoms with E-state index >= 15 is 0 Å². The normalized spacial score (nSPS) is 13.8. The molecule has 2 amide bonds. The molecule has 3 heteroatoms. The van der Waals surface area contributed by atoms with Gasteiger partial charge in [-0.05, 0) is 30.5 Å². The van der Waals surface area contributed by atoms with E-state index in [1.54, 1.807) is 36.4 Å². The number of amides is 2. The summed E-state index contributed by atoms with van der Waals surface area (Å²) < 4.78 is 0. The molecule has 3 nitrogen and oxygen atoms in total. The van der Waals surface area contributed by atoms with Gasteiger partial charge in [-0.15, -0.1) is 13.2 Å². The largest absolute Gasteiger partial charge is 0.269 e. The number of rotatable bonds is 6. The minimum Gasteiger partial charge on any atom is -0.269 e. The molecule has 1 aliphatic rings. The fourth-order valence-corrected chi connectivity index (χ4v) is 3.43. The van der Waals surface area contributed by atoms with Crippen molar-refractivity contribution in [3.8, 4) is 0 Å². The Bertz CT molecular complexity index is 763. The van der Waals surface area contributed by atoms with Crippen molar-refractivity contribution in [2.75, 3.05) is 0 Å². The van der Waals surface area contributed by atoms with Crippen molar-refractivity contribution >= 4 is 11.8 Å². The lowest BCUT2D eigenvalue weighted by atomic mass is 9.81. The Morgan fingerprint density at radius 3 is 1.71 bits per heavy atom. The molecule has 3 rings (SSSR count). The van der Waals surface area contributed by atoms with E-state index in [9.17, 15) is 9.59 Å². The third kappa shape index (κ3) is 2.29. The van der Waals surface area contributed by atoms with Gasteiger partial charge in [0.25, 0.3) is 11.8 Å². The second kappa shape index (κ2) is 6.28. The first-order chi connectivity index (χ1) is 11.7. The first-order valence-electron chi connectivity index (χ1n) is 7.91. The van der Waals surface area contributed by atoms with E-state index < -0.39 is 5.54 Å². The first-order valence-corrected chi connectivity index (χ1v) is 7.91. The lowest BCUT2D eigenvalue weighted by Gasteiger charge is -2.40. The van der Waals surface area contributed by atoms with Crippen LogP contribution in [0.3, 0.4) is 0 Å². The minimum atomic E-state index is -0.808. The summed E-state index contributed by atoms with van der Waals surface area (Å²) in [6.45, 7) is 7.68. The zero-order chi connectivity index (χ0) is 17.2. The summed E-state index contributed by atoms with van der Waals surface area (Å²) in [5.41, 5.74) is 1.00. The Labute approximate surface area is 141 Å². The number of nitrogens with zero attached hydrogens (tertiary/aromatic N) is 1. The molecule has 0 spiro atoms. The molecule has 0 unspecified atom stereocenters. The number of carbonyl (C=O) groups excluding carboxylic acids is 2. The Morgan fingerprint density at radius 1 is 0.792 bits per heavy atom. The van der Waals surface area contributed by atoms with Crippen LogP contribution >= 0.6 is 0 Å². The molecule has 1 aliphatic heterocycles. The fourth-order valence-electron chi connectivity index (χ4n) is 3.43. The SMILES string of the molecule is C=CCC(CC=C)(c1ccccc1)N1C(=O)c2ccccc2C1=O. The maximum Gasteiger partial charge on any atom is 0.262 e. The summed E-state index contributed by atoms with van der Waals surface area (Å²) in [6, 6.07) is 16.6. The highest BCUT2D eigenvalue weighted by Crippen LogP contribution is 2.41. The zero-order valence-corrected chi connectivity index (χ0v) is 13.4. The number of imide groups is 1. The van der Waals surface area contributed by atoms with Crippen molar-refractivity contribution < 1.29 is 9.59 Å². The molecule has 0 aliphatic carbocycles. The molecule has 0 aromatic heterocycles. The van der Waals surface area contributed by atoms with E-state index in [2.05, 4.69) is 13.2 Å². The monoisotopic (exact) mass is 317 g/mol. The average molecular weight is 317 g/mol. The molecule has 0 saturated heterocycles. The molecule has 24 heavy (non-hydrogen) atoms. The summed E-state index contributed by atoms with van der Waals surface area (Å²) in [5, 5.41) is 0. The molecule has 0 radical (unpaired) electrons. The van der Waals surface area contributed by atoms with Gasteiger partial charge in [0, 0.05) is 0 Å². The van der Waals surface area contributed by atoms with E-state index in [-0.39, 0.29) is 11.8 Å². The van der Waals surface area contributed by atoms with Crippen LogP contribution in [0.5, 0.6) is 0 Å². The van der Waals surface area contributed by atoms with Crippen LogP contribution in [0.4, 0.5) is 0 Å². The van der Waals surface area contributed by atoms with Gasteiger partial charge >= 0.3 is 0 Å². The minimum absolute atomic E-state index is 0.261. The number of hydrogen-bond donors (Lipinski definition) is 0. The van der Waals surface area contributed by atoms with Gasteiger partial charge in [-0.1, -0.05) is 54.6 Å². The molecular weight excluding hydrogens is 298 g/mol. The topological polar surface area (TPSA) is 37.4 Å². The smallest absolute Gasteiger partial charge is 0.262 e. The zero-order valence-electron chi connectivity index (χ0n) is 13.4. The second-order valence-corrected chi connectivity index (χ2v) is 5.87. The number of benzene rings is 2. The van der Waals surface area contributed by atoms with Crippen LogP contribution in [0.25, 0.3) is 0 Å². The van der Waals surface area contributed by atoms with E-state index in [0.29, 0.717) is 24.0 Å². The third-order valence-electron chi connectivity index (χ3n) is 4.50. The Hall–Kier alpha value is -2.94. The van der Waals surface area contributed by atoms with Crippen molar-refractivity contribution in [2.45, 2.75) is 18.4 Å². The molecule has 2 aromatic carbocycles. The summed E-state index contributed by atoms with van der Waals surface area (Å²) in [7, 11) is 0. The molecule has 120 valence electrons. The lowest BCUT2D eigenvalue weighted by molar-refractivity contribution is 0.0417. The van der Waals surface area contributed by atoms with E-state index in [4.69, 9.17) is 0 Å². The number of fused-ring (bicyclic) bond motifs is 1. The van der Waals surface area contributed by atoms with Crippen LogP contribution in [0.1, 0.15) is 39.1 Å². The maximum absolute atomic E-state index is 13.0. The van der Waals surface area contributed by atoms with Crippen molar-refractivity contribution in [3.63, 3.8) is 0 Å². The molecule has 0 bridgehead atoms. The predicted octanol–water partition coefficient (Wildman–Crippen LogP) is 4.33. The van der Waals surface area contributed by atoms with Gasteiger partial charge in [0.2, 0.25) is 0 Å². The summed E-state index contributed by atoms with van der Waals surface area (Å²) in [6.07, 6.45) is 4.43. The van der Waals surface area contributed by atoms with Gasteiger partial charge in [0.15, 0.2) is 0 Å². The molecule has 1 heterocycles. The molecular formula is C21H19NO2. The average Bonchev–Trinajstić information content (AvgIpc) is 2.87. The Kier molecular flexibility index (Phi) is 4.17. The number of hydrogen-bond acceptors (Lipinski definition) is 2. The van der Waals surface area contributed by atoms with Gasteiger partial charge in [0.1, 0.15) is 0 Å². The van der Waals surface area contributed by atoms with E-state index in [1.165, 1.54) is 4.90 Å². The number of carbonyl (C=O) groups is 2. The maximum atomic E-state index is 13.0. The Balaban J connectivity index is 2.20. The molecule has 0 saturated carbocycles. The van der Waals surface area contributed by atoms with Gasteiger partial charge < -0.3 is 0 Å². The van der Waals surface area contributed by atoms with Crippen molar-refractivity contribution in [1.82, 2.24) is 4.90 Å². The van der Waals surface area contributed by atoms with Crippen LogP contribution in [-0.4, -0.2) is 16.7 Å². The lowest BCUT2D eigenvalue weighted by Crippen LogP contribution is -2.49. The molecule has 0 N–H and O–H groups in total. The van der Waals surface area contributed by atoms with Crippen LogP contribution in [0, 0.1) is 0 Å². The summed E-state index contributed by atoms with van der Waals surface area (Å²) >= 11 is 0. The standard InChI is InChI=1S/C21H19NO2/c1-3-14-21(15-4-2,16-10-6-5-7-11-16)22-19(23)17-12-8-9-13-18(17)20(22)24/h3-13H,1-2,14-15H2. The molecule has 0 atom stereocenters. The molecule has 2 aromatic rings. The highest BCUT2D eigenvalue weighted by atomic mass is 16.2. The van der Waals surface area contributed by atoms with Gasteiger partial charge in [-0.2, -0.15) is 0 Å². The first kappa shape index (κ1) is 15.9. The van der Waals surface area contributed by atoms with Gasteiger partial charge in [-0.3, -0.25) is 14.5 Å². The second-order valence-electron chi connectivity index (χ2n) is 5.87. The van der Waals surface area contributed by atoms with Crippen molar-refractivity contribution in [2.24, 2.45) is 0 Å². The highest BCUT2D eigenvalue weighted by Gasteiger charge is 2.48. The highest BCUT2D eigenvalue weighted by molar-refractivity contribution is 6.21. The quantitative estimate of drug-likeness (QED) is 0.587. The predicted molar refractivity (Wildman–Crippen MR) is 94.7 cm³/mol. The van der Waals surface area contributed by atoms with Crippen LogP contribution < -0.4 is 0 Å². The summed E-state index contributed by atoms with van der Waals surface area (Å²) in [4.78, 5) is 27.4.